The lowest BCUT2D eigenvalue weighted by molar-refractivity contribution is 0.326. The number of fused-ring (bicyclic) bond motifs is 13. The molecular formula is C42H31N3S. The van der Waals surface area contributed by atoms with Crippen LogP contribution in [0.5, 0.6) is 0 Å². The molecule has 0 amide bonds. The Hall–Kier alpha value is -5.06. The second-order valence-corrected chi connectivity index (χ2v) is 14.7. The third kappa shape index (κ3) is 3.22. The number of allylic oxidation sites excluding steroid dienone is 4. The van der Waals surface area contributed by atoms with E-state index in [1.165, 1.54) is 47.6 Å². The van der Waals surface area contributed by atoms with Crippen LogP contribution in [0.15, 0.2) is 127 Å². The van der Waals surface area contributed by atoms with Crippen LogP contribution in [-0.2, 0) is 10.8 Å². The third-order valence-corrected chi connectivity index (χ3v) is 11.9. The summed E-state index contributed by atoms with van der Waals surface area (Å²) in [6.45, 7) is 7.37. The van der Waals surface area contributed by atoms with Gasteiger partial charge in [-0.05, 0) is 40.7 Å². The van der Waals surface area contributed by atoms with E-state index < -0.39 is 0 Å². The normalized spacial score (nSPS) is 19.9. The zero-order chi connectivity index (χ0) is 30.8. The molecule has 0 bridgehead atoms. The van der Waals surface area contributed by atoms with E-state index in [0.29, 0.717) is 11.9 Å². The minimum absolute atomic E-state index is 0.102. The van der Waals surface area contributed by atoms with Crippen molar-refractivity contribution in [2.24, 2.45) is 5.92 Å². The second kappa shape index (κ2) is 9.02. The number of hydrogen-bond acceptors (Lipinski definition) is 3. The summed E-state index contributed by atoms with van der Waals surface area (Å²) in [6.07, 6.45) is 9.41. The van der Waals surface area contributed by atoms with Crippen molar-refractivity contribution in [3.63, 3.8) is 0 Å². The summed E-state index contributed by atoms with van der Waals surface area (Å²) in [7, 11) is 0. The Bertz CT molecular complexity index is 2640. The fourth-order valence-corrected chi connectivity index (χ4v) is 10.2. The lowest BCUT2D eigenvalue weighted by Crippen LogP contribution is -2.34. The summed E-state index contributed by atoms with van der Waals surface area (Å²) in [5, 5.41) is 6.37. The van der Waals surface area contributed by atoms with E-state index in [2.05, 4.69) is 153 Å². The average Bonchev–Trinajstić information content (AvgIpc) is 3.69. The van der Waals surface area contributed by atoms with Crippen LogP contribution in [0.2, 0.25) is 0 Å². The maximum Gasteiger partial charge on any atom is 0.235 e. The summed E-state index contributed by atoms with van der Waals surface area (Å²) in [5.74, 6) is 1.05. The van der Waals surface area contributed by atoms with Crippen LogP contribution in [0.3, 0.4) is 0 Å². The van der Waals surface area contributed by atoms with Crippen LogP contribution in [0.4, 0.5) is 0 Å². The first-order valence-electron chi connectivity index (χ1n) is 16.1. The van der Waals surface area contributed by atoms with E-state index in [-0.39, 0.29) is 10.8 Å². The minimum atomic E-state index is -0.118. The zero-order valence-corrected chi connectivity index (χ0v) is 26.8. The molecule has 3 heterocycles. The number of rotatable bonds is 2. The van der Waals surface area contributed by atoms with E-state index in [9.17, 15) is 0 Å². The molecule has 3 nitrogen and oxygen atoms in total. The summed E-state index contributed by atoms with van der Waals surface area (Å²) in [6, 6.07) is 36.8. The maximum absolute atomic E-state index is 5.42. The van der Waals surface area contributed by atoms with Gasteiger partial charge in [-0.25, -0.2) is 9.97 Å². The smallest absolute Gasteiger partial charge is 0.235 e. The highest BCUT2D eigenvalue weighted by atomic mass is 32.1. The Labute approximate surface area is 271 Å². The number of nitrogens with zero attached hydrogens (tertiary/aromatic N) is 3. The largest absolute Gasteiger partial charge is 0.276 e. The van der Waals surface area contributed by atoms with Gasteiger partial charge < -0.3 is 0 Å². The first-order chi connectivity index (χ1) is 22.5. The number of aromatic nitrogens is 3. The van der Waals surface area contributed by atoms with Crippen molar-refractivity contribution in [3.8, 4) is 17.2 Å². The van der Waals surface area contributed by atoms with Gasteiger partial charge in [-0.2, -0.15) is 0 Å². The fraction of sp³-hybridized carbons (Fsp3) is 0.143. The molecule has 2 aliphatic carbocycles. The summed E-state index contributed by atoms with van der Waals surface area (Å²) in [5.41, 5.74) is 8.07. The van der Waals surface area contributed by atoms with Gasteiger partial charge in [-0.1, -0.05) is 130 Å². The molecular weight excluding hydrogens is 579 g/mol. The van der Waals surface area contributed by atoms with Crippen molar-refractivity contribution in [2.75, 3.05) is 0 Å². The van der Waals surface area contributed by atoms with E-state index >= 15 is 0 Å². The fourth-order valence-electron chi connectivity index (χ4n) is 8.91. The first-order valence-corrected chi connectivity index (χ1v) is 16.9. The lowest BCUT2D eigenvalue weighted by atomic mass is 9.67. The molecule has 0 N–H and O–H groups in total. The van der Waals surface area contributed by atoms with Gasteiger partial charge in [0.1, 0.15) is 0 Å². The highest BCUT2D eigenvalue weighted by molar-refractivity contribution is 7.26. The molecule has 4 heteroatoms. The molecule has 2 unspecified atom stereocenters. The van der Waals surface area contributed by atoms with Gasteiger partial charge in [-0.3, -0.25) is 4.57 Å². The van der Waals surface area contributed by atoms with Gasteiger partial charge in [0.15, 0.2) is 0 Å². The number of thiophene rings is 1. The van der Waals surface area contributed by atoms with Gasteiger partial charge in [0.05, 0.1) is 26.9 Å². The molecule has 2 aliphatic rings. The Morgan fingerprint density at radius 1 is 0.674 bits per heavy atom. The Morgan fingerprint density at radius 3 is 2.24 bits per heavy atom. The van der Waals surface area contributed by atoms with Crippen LogP contribution in [0.25, 0.3) is 70.1 Å². The summed E-state index contributed by atoms with van der Waals surface area (Å²) in [4.78, 5) is 10.7. The van der Waals surface area contributed by atoms with Crippen LogP contribution >= 0.6 is 11.3 Å². The third-order valence-electron chi connectivity index (χ3n) is 10.7. The summed E-state index contributed by atoms with van der Waals surface area (Å²) >= 11 is 1.91. The standard InChI is InChI=1S/C42H31N3S/c1-41(2)32-23-13-14-24-42(32,3)36-34-28-19-9-12-22-31(28)46-39(34)38-33(35(36)41)27-18-8-11-21-30(27)45(38)40-43-29-20-10-7-17-26(29)37(44-40)25-15-5-4-6-16-25/h4-24,32H,1-3H3. The molecule has 2 atom stereocenters. The van der Waals surface area contributed by atoms with Crippen LogP contribution in [0.1, 0.15) is 31.9 Å². The van der Waals surface area contributed by atoms with Crippen molar-refractivity contribution in [1.82, 2.24) is 14.5 Å². The molecule has 0 radical (unpaired) electrons. The average molecular weight is 610 g/mol. The van der Waals surface area contributed by atoms with E-state index in [4.69, 9.17) is 9.97 Å². The van der Waals surface area contributed by atoms with Crippen LogP contribution < -0.4 is 0 Å². The molecule has 0 spiro atoms. The monoisotopic (exact) mass is 609 g/mol. The van der Waals surface area contributed by atoms with E-state index in [1.54, 1.807) is 0 Å². The number of benzene rings is 5. The molecule has 10 rings (SSSR count). The second-order valence-electron chi connectivity index (χ2n) is 13.6. The molecule has 5 aromatic carbocycles. The Kier molecular flexibility index (Phi) is 5.13. The molecule has 3 aromatic heterocycles. The maximum atomic E-state index is 5.42. The molecule has 0 saturated carbocycles. The molecule has 0 saturated heterocycles. The first kappa shape index (κ1) is 26.2. The Balaban J connectivity index is 1.46. The van der Waals surface area contributed by atoms with Crippen molar-refractivity contribution >= 4 is 64.2 Å². The molecule has 46 heavy (non-hydrogen) atoms. The minimum Gasteiger partial charge on any atom is -0.276 e. The van der Waals surface area contributed by atoms with Gasteiger partial charge in [0.25, 0.3) is 0 Å². The topological polar surface area (TPSA) is 30.7 Å². The van der Waals surface area contributed by atoms with Gasteiger partial charge in [-0.15, -0.1) is 11.3 Å². The quantitative estimate of drug-likeness (QED) is 0.195. The number of para-hydroxylation sites is 2. The summed E-state index contributed by atoms with van der Waals surface area (Å²) < 4.78 is 4.99. The SMILES string of the molecule is CC1(C)c2c(c3c4ccccc4sc3c3c2c2ccccc2n3-c2nc(-c3ccccc3)c3ccccc3n2)C2(C)C=CC=CC12. The van der Waals surface area contributed by atoms with Crippen molar-refractivity contribution in [1.29, 1.82) is 0 Å². The van der Waals surface area contributed by atoms with E-state index in [0.717, 1.165) is 27.7 Å². The van der Waals surface area contributed by atoms with E-state index in [1.807, 2.05) is 11.3 Å². The zero-order valence-electron chi connectivity index (χ0n) is 26.0. The Morgan fingerprint density at radius 2 is 1.39 bits per heavy atom. The van der Waals surface area contributed by atoms with Gasteiger partial charge in [0, 0.05) is 42.6 Å². The molecule has 220 valence electrons. The predicted molar refractivity (Wildman–Crippen MR) is 194 cm³/mol. The lowest BCUT2D eigenvalue weighted by Gasteiger charge is -2.36. The van der Waals surface area contributed by atoms with Crippen LogP contribution in [-0.4, -0.2) is 14.5 Å². The van der Waals surface area contributed by atoms with Crippen LogP contribution in [0, 0.1) is 5.92 Å². The van der Waals surface area contributed by atoms with Gasteiger partial charge in [0.2, 0.25) is 5.95 Å². The molecule has 0 fully saturated rings. The van der Waals surface area contributed by atoms with Gasteiger partial charge >= 0.3 is 0 Å². The molecule has 0 aliphatic heterocycles. The number of hydrogen-bond donors (Lipinski definition) is 0. The van der Waals surface area contributed by atoms with Crippen molar-refractivity contribution in [3.05, 3.63) is 139 Å². The highest BCUT2D eigenvalue weighted by Crippen LogP contribution is 2.63. The van der Waals surface area contributed by atoms with Crippen molar-refractivity contribution in [2.45, 2.75) is 31.6 Å². The van der Waals surface area contributed by atoms with Crippen molar-refractivity contribution < 1.29 is 0 Å². The predicted octanol–water partition coefficient (Wildman–Crippen LogP) is 11.1. The highest BCUT2D eigenvalue weighted by Gasteiger charge is 2.54. The molecule has 8 aromatic rings.